The van der Waals surface area contributed by atoms with Crippen molar-refractivity contribution in [1.29, 1.82) is 0 Å². The lowest BCUT2D eigenvalue weighted by Crippen LogP contribution is -2.12. The van der Waals surface area contributed by atoms with Gasteiger partial charge in [0.25, 0.3) is 0 Å². The zero-order valence-corrected chi connectivity index (χ0v) is 17.5. The van der Waals surface area contributed by atoms with Gasteiger partial charge in [-0.2, -0.15) is 18.2 Å². The molecule has 148 valence electrons. The normalized spacial score (nSPS) is 11.9. The minimum Gasteiger partial charge on any atom is -0.358 e. The molecule has 0 amide bonds. The molecule has 29 heavy (non-hydrogen) atoms. The summed E-state index contributed by atoms with van der Waals surface area (Å²) in [5.74, 6) is 0.235. The minimum absolute atomic E-state index is 0.0890. The fourth-order valence-corrected chi connectivity index (χ4v) is 4.05. The highest BCUT2D eigenvalue weighted by Crippen LogP contribution is 2.28. The maximum absolute atomic E-state index is 13.0. The van der Waals surface area contributed by atoms with E-state index in [1.807, 2.05) is 38.1 Å². The van der Waals surface area contributed by atoms with Gasteiger partial charge in [0.05, 0.1) is 11.4 Å². The van der Waals surface area contributed by atoms with Crippen molar-refractivity contribution in [3.63, 3.8) is 0 Å². The Labute approximate surface area is 174 Å². The van der Waals surface area contributed by atoms with Gasteiger partial charge in [0.15, 0.2) is 0 Å². The Morgan fingerprint density at radius 1 is 0.931 bits per heavy atom. The van der Waals surface area contributed by atoms with E-state index in [1.165, 1.54) is 4.68 Å². The number of hydrogen-bond acceptors (Lipinski definition) is 4. The van der Waals surface area contributed by atoms with Crippen LogP contribution in [0.3, 0.4) is 0 Å². The molecule has 0 N–H and O–H groups in total. The van der Waals surface area contributed by atoms with Gasteiger partial charge < -0.3 is 4.18 Å². The zero-order valence-electron chi connectivity index (χ0n) is 15.9. The van der Waals surface area contributed by atoms with E-state index in [4.69, 9.17) is 15.8 Å². The van der Waals surface area contributed by atoms with E-state index in [0.717, 1.165) is 16.5 Å². The summed E-state index contributed by atoms with van der Waals surface area (Å²) >= 11 is 5.97. The maximum atomic E-state index is 13.0. The Kier molecular flexibility index (Phi) is 5.06. The molecule has 7 heteroatoms. The second kappa shape index (κ2) is 7.54. The quantitative estimate of drug-likeness (QED) is 0.391. The van der Waals surface area contributed by atoms with Crippen LogP contribution in [0.4, 0.5) is 0 Å². The number of fused-ring (bicyclic) bond motifs is 1. The van der Waals surface area contributed by atoms with Crippen LogP contribution >= 0.6 is 11.6 Å². The molecule has 0 radical (unpaired) electrons. The molecule has 0 atom stereocenters. The summed E-state index contributed by atoms with van der Waals surface area (Å²) in [4.78, 5) is 0.0890. The average molecular weight is 427 g/mol. The standard InChI is InChI=1S/C22H19ClN2O3S/c1-15(2)21-14-22(25(24-21)19-10-8-18(23)9-11-19)28-29(26,27)20-12-7-16-5-3-4-6-17(16)13-20/h3-15H,1-2H3. The van der Waals surface area contributed by atoms with Gasteiger partial charge in [0, 0.05) is 11.1 Å². The number of aromatic nitrogens is 2. The van der Waals surface area contributed by atoms with Crippen LogP contribution in [0.15, 0.2) is 77.7 Å². The first-order valence-corrected chi connectivity index (χ1v) is 10.9. The Bertz CT molecular complexity index is 1280. The van der Waals surface area contributed by atoms with Crippen LogP contribution in [0.25, 0.3) is 16.5 Å². The number of hydrogen-bond donors (Lipinski definition) is 0. The van der Waals surface area contributed by atoms with Crippen LogP contribution in [0.2, 0.25) is 5.02 Å². The van der Waals surface area contributed by atoms with E-state index >= 15 is 0 Å². The summed E-state index contributed by atoms with van der Waals surface area (Å²) in [6.07, 6.45) is 0. The SMILES string of the molecule is CC(C)c1cc(OS(=O)(=O)c2ccc3ccccc3c2)n(-c2ccc(Cl)cc2)n1. The molecule has 4 rings (SSSR count). The molecule has 1 aromatic heterocycles. The Morgan fingerprint density at radius 2 is 1.62 bits per heavy atom. The molecular formula is C22H19ClN2O3S. The van der Waals surface area contributed by atoms with Crippen molar-refractivity contribution in [2.24, 2.45) is 0 Å². The van der Waals surface area contributed by atoms with Crippen molar-refractivity contribution in [2.75, 3.05) is 0 Å². The third-order valence-electron chi connectivity index (χ3n) is 4.56. The molecule has 5 nitrogen and oxygen atoms in total. The maximum Gasteiger partial charge on any atom is 0.340 e. The molecule has 0 bridgehead atoms. The summed E-state index contributed by atoms with van der Waals surface area (Å²) in [6, 6.07) is 21.1. The lowest BCUT2D eigenvalue weighted by atomic mass is 10.1. The smallest absolute Gasteiger partial charge is 0.340 e. The molecule has 3 aromatic carbocycles. The van der Waals surface area contributed by atoms with Crippen molar-refractivity contribution in [3.05, 3.63) is 83.5 Å². The van der Waals surface area contributed by atoms with Crippen LogP contribution in [0, 0.1) is 0 Å². The Morgan fingerprint density at radius 3 is 2.31 bits per heavy atom. The molecule has 0 spiro atoms. The van der Waals surface area contributed by atoms with Crippen LogP contribution in [-0.2, 0) is 10.1 Å². The van der Waals surface area contributed by atoms with Gasteiger partial charge >= 0.3 is 10.1 Å². The molecule has 1 heterocycles. The predicted molar refractivity (Wildman–Crippen MR) is 114 cm³/mol. The molecule has 0 aliphatic rings. The van der Waals surface area contributed by atoms with E-state index in [0.29, 0.717) is 10.7 Å². The molecule has 0 saturated carbocycles. The fraction of sp³-hybridized carbons (Fsp3) is 0.136. The van der Waals surface area contributed by atoms with Gasteiger partial charge in [-0.25, -0.2) is 0 Å². The van der Waals surface area contributed by atoms with Crippen molar-refractivity contribution in [1.82, 2.24) is 9.78 Å². The topological polar surface area (TPSA) is 61.2 Å². The summed E-state index contributed by atoms with van der Waals surface area (Å²) < 4.78 is 33.0. The largest absolute Gasteiger partial charge is 0.358 e. The summed E-state index contributed by atoms with van der Waals surface area (Å²) in [6.45, 7) is 3.96. The van der Waals surface area contributed by atoms with Crippen LogP contribution < -0.4 is 4.18 Å². The highest BCUT2D eigenvalue weighted by atomic mass is 35.5. The van der Waals surface area contributed by atoms with E-state index in [9.17, 15) is 8.42 Å². The van der Waals surface area contributed by atoms with Gasteiger partial charge in [-0.15, -0.1) is 0 Å². The number of rotatable bonds is 5. The zero-order chi connectivity index (χ0) is 20.6. The van der Waals surface area contributed by atoms with E-state index in [-0.39, 0.29) is 16.7 Å². The fourth-order valence-electron chi connectivity index (χ4n) is 2.97. The first-order valence-electron chi connectivity index (χ1n) is 9.13. The number of halogens is 1. The van der Waals surface area contributed by atoms with Gasteiger partial charge in [-0.05, 0) is 53.1 Å². The molecule has 4 aromatic rings. The molecule has 0 aliphatic carbocycles. The second-order valence-electron chi connectivity index (χ2n) is 7.00. The first kappa shape index (κ1) is 19.5. The third-order valence-corrected chi connectivity index (χ3v) is 6.04. The lowest BCUT2D eigenvalue weighted by molar-refractivity contribution is 0.465. The monoisotopic (exact) mass is 426 g/mol. The first-order chi connectivity index (χ1) is 13.8. The van der Waals surface area contributed by atoms with Gasteiger partial charge in [0.2, 0.25) is 5.88 Å². The Hall–Kier alpha value is -2.83. The average Bonchev–Trinajstić information content (AvgIpc) is 3.11. The van der Waals surface area contributed by atoms with Gasteiger partial charge in [0.1, 0.15) is 4.90 Å². The lowest BCUT2D eigenvalue weighted by Gasteiger charge is -2.10. The van der Waals surface area contributed by atoms with E-state index in [2.05, 4.69) is 5.10 Å². The van der Waals surface area contributed by atoms with Gasteiger partial charge in [-0.3, -0.25) is 0 Å². The summed E-state index contributed by atoms with van der Waals surface area (Å²) in [5.41, 5.74) is 1.38. The van der Waals surface area contributed by atoms with Crippen molar-refractivity contribution < 1.29 is 12.6 Å². The highest BCUT2D eigenvalue weighted by molar-refractivity contribution is 7.87. The summed E-state index contributed by atoms with van der Waals surface area (Å²) in [7, 11) is -4.04. The van der Waals surface area contributed by atoms with Crippen LogP contribution in [0.5, 0.6) is 5.88 Å². The van der Waals surface area contributed by atoms with Crippen LogP contribution in [-0.4, -0.2) is 18.2 Å². The highest BCUT2D eigenvalue weighted by Gasteiger charge is 2.22. The summed E-state index contributed by atoms with van der Waals surface area (Å²) in [5, 5.41) is 6.88. The Balaban J connectivity index is 1.76. The molecule has 0 fully saturated rings. The van der Waals surface area contributed by atoms with Crippen molar-refractivity contribution in [3.8, 4) is 11.6 Å². The molecule has 0 saturated heterocycles. The minimum atomic E-state index is -4.04. The van der Waals surface area contributed by atoms with E-state index in [1.54, 1.807) is 48.5 Å². The number of nitrogens with zero attached hydrogens (tertiary/aromatic N) is 2. The molecular weight excluding hydrogens is 408 g/mol. The second-order valence-corrected chi connectivity index (χ2v) is 8.98. The molecule has 0 unspecified atom stereocenters. The van der Waals surface area contributed by atoms with E-state index < -0.39 is 10.1 Å². The van der Waals surface area contributed by atoms with Crippen LogP contribution in [0.1, 0.15) is 25.5 Å². The predicted octanol–water partition coefficient (Wildman–Crippen LogP) is 5.57. The third kappa shape index (κ3) is 3.99. The van der Waals surface area contributed by atoms with Crippen molar-refractivity contribution in [2.45, 2.75) is 24.7 Å². The van der Waals surface area contributed by atoms with Gasteiger partial charge in [-0.1, -0.05) is 55.8 Å². The molecule has 0 aliphatic heterocycles. The van der Waals surface area contributed by atoms with Crippen molar-refractivity contribution >= 4 is 32.5 Å². The number of benzene rings is 3.